The van der Waals surface area contributed by atoms with Crippen LogP contribution in [0.3, 0.4) is 0 Å². The van der Waals surface area contributed by atoms with Crippen LogP contribution >= 0.6 is 0 Å². The van der Waals surface area contributed by atoms with Gasteiger partial charge in [0.15, 0.2) is 0 Å². The summed E-state index contributed by atoms with van der Waals surface area (Å²) in [5.74, 6) is 0. The average molecular weight is 758 g/mol. The van der Waals surface area contributed by atoms with Crippen LogP contribution in [-0.2, 0) is 33.3 Å². The molecule has 0 amide bonds. The smallest absolute Gasteiger partial charge is 0.493 e. The second kappa shape index (κ2) is 27.2. The Kier molecular flexibility index (Phi) is 25.7. The van der Waals surface area contributed by atoms with E-state index in [4.69, 9.17) is 0 Å². The Morgan fingerprint density at radius 2 is 0.918 bits per heavy atom. The van der Waals surface area contributed by atoms with E-state index in [0.717, 1.165) is 54.6 Å². The molecule has 0 fully saturated rings. The molecule has 0 atom stereocenters. The third-order valence-electron chi connectivity index (χ3n) is 9.38. The molecule has 0 unspecified atom stereocenters. The van der Waals surface area contributed by atoms with Gasteiger partial charge in [0.2, 0.25) is 11.4 Å². The van der Waals surface area contributed by atoms with Gasteiger partial charge in [0, 0.05) is 22.8 Å². The van der Waals surface area contributed by atoms with E-state index in [1.165, 1.54) is 133 Å². The molecule has 1 heterocycles. The fourth-order valence-electron chi connectivity index (χ4n) is 6.85. The number of nitrogens with zero attached hydrogens (tertiary/aromatic N) is 2. The maximum absolute atomic E-state index is 11.7. The first-order valence-electron chi connectivity index (χ1n) is 19.1. The van der Waals surface area contributed by atoms with Gasteiger partial charge in [-0.1, -0.05) is 91.4 Å². The second-order valence-corrected chi connectivity index (χ2v) is 13.6. The van der Waals surface area contributed by atoms with Crippen molar-refractivity contribution >= 4 is 11.4 Å². The predicted octanol–water partition coefficient (Wildman–Crippen LogP) is 14.7. The van der Waals surface area contributed by atoms with Crippen molar-refractivity contribution in [3.8, 4) is 0 Å². The molecular weight excluding hydrogens is 687 g/mol. The summed E-state index contributed by atoms with van der Waals surface area (Å²) in [6, 6.07) is 9.24. The molecule has 3 rings (SSSR count). The Morgan fingerprint density at radius 1 is 0.571 bits per heavy atom. The van der Waals surface area contributed by atoms with E-state index in [-0.39, 0.29) is 20.4 Å². The number of hydrogen-bond acceptors (Lipinski definition) is 0. The topological polar surface area (TPSA) is 25.3 Å². The Bertz CT molecular complexity index is 1290. The fourth-order valence-corrected chi connectivity index (χ4v) is 6.85. The number of allylic oxidation sites excluding steroid dienone is 4. The summed E-state index contributed by atoms with van der Waals surface area (Å²) in [6.45, 7) is 28.8. The van der Waals surface area contributed by atoms with Crippen LogP contribution < -0.4 is 0 Å². The molecule has 2 aromatic rings. The standard InChI is InChI=1S/C40H60N2.2C3H5.Pd/c1-8-11-14-16-18-20-23-37-30(4)25-35(26-31(37)5)39-29-34(22-13-10-3)40(42(39)41)36-27-32(6)38(33(7)28-36)24-21-19-17-15-12-9-2;2*1-3-2;/h25-29H,8-24H2,1-7H3;2*3H,1-2H2;/q;2*-1;+2. The van der Waals surface area contributed by atoms with Gasteiger partial charge >= 0.3 is 20.4 Å². The van der Waals surface area contributed by atoms with Crippen molar-refractivity contribution < 1.29 is 25.1 Å². The summed E-state index contributed by atoms with van der Waals surface area (Å²) in [4.78, 5) is 0. The minimum Gasteiger partial charge on any atom is -0.493 e. The van der Waals surface area contributed by atoms with Crippen molar-refractivity contribution in [2.24, 2.45) is 0 Å². The predicted molar refractivity (Wildman–Crippen MR) is 215 cm³/mol. The molecule has 0 saturated carbocycles. The molecule has 3 heteroatoms. The van der Waals surface area contributed by atoms with Crippen LogP contribution in [0.2, 0.25) is 0 Å². The van der Waals surface area contributed by atoms with Crippen LogP contribution in [0.1, 0.15) is 162 Å². The zero-order valence-electron chi connectivity index (χ0n) is 32.6. The molecule has 0 radical (unpaired) electrons. The van der Waals surface area contributed by atoms with E-state index < -0.39 is 0 Å². The molecule has 0 bridgehead atoms. The largest absolute Gasteiger partial charge is 2.00 e. The normalized spacial score (nSPS) is 12.0. The average Bonchev–Trinajstić information content (AvgIpc) is 3.37. The summed E-state index contributed by atoms with van der Waals surface area (Å²) in [5.41, 5.74) is 25.5. The molecule has 0 aromatic heterocycles. The Labute approximate surface area is 317 Å². The van der Waals surface area contributed by atoms with E-state index in [1.807, 2.05) is 0 Å². The third-order valence-corrected chi connectivity index (χ3v) is 9.38. The molecule has 0 aliphatic carbocycles. The van der Waals surface area contributed by atoms with Crippen LogP contribution in [0.5, 0.6) is 0 Å². The molecule has 1 aliphatic heterocycles. The SMILES string of the molecule is C=C[CH2-].C=C[CH2-].CCCCCCCCc1c(C)cc(C2=CC(CCCC)=C(c3cc(C)c(CCCCCCCC)c(C)c3)[N+]2=[N-])cc1C.[Pd+2]. The van der Waals surface area contributed by atoms with Crippen molar-refractivity contribution in [1.29, 1.82) is 0 Å². The van der Waals surface area contributed by atoms with Gasteiger partial charge < -0.3 is 5.53 Å². The molecule has 0 saturated heterocycles. The number of aryl methyl sites for hydroxylation is 4. The van der Waals surface area contributed by atoms with E-state index >= 15 is 0 Å². The maximum atomic E-state index is 11.7. The van der Waals surface area contributed by atoms with Crippen LogP contribution in [0.25, 0.3) is 16.9 Å². The first-order valence-corrected chi connectivity index (χ1v) is 19.1. The van der Waals surface area contributed by atoms with Gasteiger partial charge in [0.05, 0.1) is 0 Å². The van der Waals surface area contributed by atoms with Gasteiger partial charge in [0.25, 0.3) is 0 Å². The van der Waals surface area contributed by atoms with Crippen LogP contribution in [-0.4, -0.2) is 4.70 Å². The summed E-state index contributed by atoms with van der Waals surface area (Å²) >= 11 is 0. The van der Waals surface area contributed by atoms with Gasteiger partial charge in [-0.2, -0.15) is 0 Å². The van der Waals surface area contributed by atoms with Gasteiger partial charge in [-0.25, -0.2) is 43.9 Å². The second-order valence-electron chi connectivity index (χ2n) is 13.6. The fraction of sp³-hybridized carbons (Fsp3) is 0.522. The van der Waals surface area contributed by atoms with Crippen molar-refractivity contribution in [1.82, 2.24) is 0 Å². The molecule has 0 N–H and O–H groups in total. The number of benzene rings is 2. The molecule has 0 spiro atoms. The number of rotatable bonds is 19. The summed E-state index contributed by atoms with van der Waals surface area (Å²) in [7, 11) is 0. The van der Waals surface area contributed by atoms with E-state index in [0.29, 0.717) is 0 Å². The first kappa shape index (κ1) is 46.4. The van der Waals surface area contributed by atoms with Crippen molar-refractivity contribution in [2.45, 2.75) is 158 Å². The minimum atomic E-state index is 0. The quantitative estimate of drug-likeness (QED) is 0.0590. The van der Waals surface area contributed by atoms with E-state index in [2.05, 4.69) is 106 Å². The molecular formula is C46H70N2Pd. The van der Waals surface area contributed by atoms with Crippen molar-refractivity contribution in [2.75, 3.05) is 0 Å². The van der Waals surface area contributed by atoms with Crippen molar-refractivity contribution in [3.05, 3.63) is 125 Å². The summed E-state index contributed by atoms with van der Waals surface area (Å²) in [6.07, 6.45) is 26.7. The van der Waals surface area contributed by atoms with Gasteiger partial charge in [-0.05, 0) is 124 Å². The Morgan fingerprint density at radius 3 is 1.31 bits per heavy atom. The maximum Gasteiger partial charge on any atom is 2.00 e. The zero-order chi connectivity index (χ0) is 35.9. The van der Waals surface area contributed by atoms with Crippen LogP contribution in [0, 0.1) is 41.5 Å². The van der Waals surface area contributed by atoms with Gasteiger partial charge in [-0.15, -0.1) is 0 Å². The van der Waals surface area contributed by atoms with Crippen LogP contribution in [0.15, 0.2) is 61.2 Å². The third kappa shape index (κ3) is 15.9. The van der Waals surface area contributed by atoms with Crippen LogP contribution in [0.4, 0.5) is 0 Å². The summed E-state index contributed by atoms with van der Waals surface area (Å²) in [5, 5.41) is 0. The summed E-state index contributed by atoms with van der Waals surface area (Å²) < 4.78 is 1.49. The number of unbranched alkanes of at least 4 members (excludes halogenated alkanes) is 11. The molecule has 274 valence electrons. The minimum absolute atomic E-state index is 0. The Hall–Kier alpha value is -2.60. The first-order chi connectivity index (χ1) is 23.1. The van der Waals surface area contributed by atoms with Gasteiger partial charge in [0.1, 0.15) is 0 Å². The molecule has 2 aromatic carbocycles. The molecule has 2 nitrogen and oxygen atoms in total. The molecule has 49 heavy (non-hydrogen) atoms. The molecule has 1 aliphatic rings. The zero-order valence-corrected chi connectivity index (χ0v) is 34.2. The number of hydrogen-bond donors (Lipinski definition) is 0. The van der Waals surface area contributed by atoms with Gasteiger partial charge in [-0.3, -0.25) is 0 Å². The van der Waals surface area contributed by atoms with E-state index in [9.17, 15) is 5.53 Å². The monoisotopic (exact) mass is 756 g/mol. The van der Waals surface area contributed by atoms with E-state index in [1.54, 1.807) is 0 Å². The van der Waals surface area contributed by atoms with Crippen molar-refractivity contribution in [3.63, 3.8) is 0 Å². The Balaban J connectivity index is 0.00000306.